The van der Waals surface area contributed by atoms with Crippen molar-refractivity contribution in [2.24, 2.45) is 0 Å². The molecule has 1 heterocycles. The molecule has 1 aliphatic rings. The van der Waals surface area contributed by atoms with Gasteiger partial charge < -0.3 is 50.5 Å². The van der Waals surface area contributed by atoms with Gasteiger partial charge in [-0.05, 0) is 38.5 Å². The minimum atomic E-state index is -1.66. The first-order valence-electron chi connectivity index (χ1n) is 31.6. The van der Waals surface area contributed by atoms with Gasteiger partial charge in [-0.25, -0.2) is 0 Å². The highest BCUT2D eigenvalue weighted by Gasteiger charge is 2.44. The topological polar surface area (TPSA) is 189 Å². The van der Waals surface area contributed by atoms with E-state index >= 15 is 0 Å². The van der Waals surface area contributed by atoms with Gasteiger partial charge in [0.05, 0.1) is 25.4 Å². The Morgan fingerprint density at radius 1 is 0.466 bits per heavy atom. The number of ether oxygens (including phenoxy) is 2. The second kappa shape index (κ2) is 51.6. The Morgan fingerprint density at radius 2 is 0.795 bits per heavy atom. The van der Waals surface area contributed by atoms with Gasteiger partial charge in [-0.3, -0.25) is 4.79 Å². The van der Waals surface area contributed by atoms with Crippen molar-refractivity contribution in [3.05, 3.63) is 12.2 Å². The van der Waals surface area contributed by atoms with Crippen molar-refractivity contribution in [1.29, 1.82) is 0 Å². The maximum Gasteiger partial charge on any atom is 0.249 e. The average Bonchev–Trinajstić information content (AvgIpc) is 3.39. The second-order valence-corrected chi connectivity index (χ2v) is 22.5. The number of unbranched alkanes of at least 4 members (excludes halogenated alkanes) is 41. The lowest BCUT2D eigenvalue weighted by Crippen LogP contribution is -2.60. The zero-order chi connectivity index (χ0) is 53.3. The summed E-state index contributed by atoms with van der Waals surface area (Å²) in [4.78, 5) is 13.2. The lowest BCUT2D eigenvalue weighted by atomic mass is 9.98. The summed E-state index contributed by atoms with van der Waals surface area (Å²) < 4.78 is 11.2. The van der Waals surface area contributed by atoms with E-state index in [1.807, 2.05) is 0 Å². The van der Waals surface area contributed by atoms with Gasteiger partial charge in [-0.15, -0.1) is 0 Å². The summed E-state index contributed by atoms with van der Waals surface area (Å²) in [5.41, 5.74) is 0. The monoisotopic (exact) mass is 1040 g/mol. The molecule has 8 N–H and O–H groups in total. The Hall–Kier alpha value is -1.15. The number of allylic oxidation sites excluding steroid dienone is 2. The van der Waals surface area contributed by atoms with Crippen LogP contribution < -0.4 is 5.32 Å². The summed E-state index contributed by atoms with van der Waals surface area (Å²) in [5, 5.41) is 76.2. The maximum absolute atomic E-state index is 13.2. The molecule has 434 valence electrons. The van der Waals surface area contributed by atoms with E-state index in [0.717, 1.165) is 38.5 Å². The van der Waals surface area contributed by atoms with E-state index in [9.17, 15) is 40.5 Å². The first-order valence-corrected chi connectivity index (χ1v) is 31.6. The minimum absolute atomic E-state index is 0.264. The molecule has 1 aliphatic heterocycles. The van der Waals surface area contributed by atoms with Gasteiger partial charge in [0.1, 0.15) is 36.6 Å². The van der Waals surface area contributed by atoms with Crippen LogP contribution in [0.15, 0.2) is 12.2 Å². The van der Waals surface area contributed by atoms with Crippen molar-refractivity contribution < 1.29 is 50.0 Å². The molecular formula is C62H121NO10. The van der Waals surface area contributed by atoms with E-state index in [4.69, 9.17) is 9.47 Å². The van der Waals surface area contributed by atoms with E-state index in [0.29, 0.717) is 19.3 Å². The van der Waals surface area contributed by atoms with Crippen LogP contribution in [-0.2, 0) is 14.3 Å². The predicted octanol–water partition coefficient (Wildman–Crippen LogP) is 13.9. The largest absolute Gasteiger partial charge is 0.394 e. The third-order valence-electron chi connectivity index (χ3n) is 15.6. The van der Waals surface area contributed by atoms with Gasteiger partial charge in [0, 0.05) is 0 Å². The van der Waals surface area contributed by atoms with Crippen molar-refractivity contribution in [1.82, 2.24) is 5.32 Å². The number of nitrogens with one attached hydrogen (secondary N) is 1. The fraction of sp³-hybridized carbons (Fsp3) is 0.952. The van der Waals surface area contributed by atoms with Gasteiger partial charge in [-0.2, -0.15) is 0 Å². The highest BCUT2D eigenvalue weighted by molar-refractivity contribution is 5.80. The number of rotatable bonds is 55. The molecule has 0 aromatic carbocycles. The molecule has 0 spiro atoms. The van der Waals surface area contributed by atoms with Crippen LogP contribution in [0, 0.1) is 0 Å². The molecule has 9 atom stereocenters. The van der Waals surface area contributed by atoms with Crippen LogP contribution in [0.1, 0.15) is 309 Å². The molecule has 0 bridgehead atoms. The van der Waals surface area contributed by atoms with Crippen LogP contribution in [0.2, 0.25) is 0 Å². The van der Waals surface area contributed by atoms with E-state index in [1.54, 1.807) is 0 Å². The fourth-order valence-electron chi connectivity index (χ4n) is 10.4. The molecule has 0 aromatic rings. The molecule has 1 saturated heterocycles. The van der Waals surface area contributed by atoms with Gasteiger partial charge >= 0.3 is 0 Å². The quantitative estimate of drug-likeness (QED) is 0.0215. The predicted molar refractivity (Wildman–Crippen MR) is 303 cm³/mol. The SMILES string of the molecule is CCCCCCCCCCCCCC/C=C\CCCCCCCCCCCCCCCCC(O)C(=O)NC(COC1OC(CO)C(O)C(O)C1O)C(O)C(O)CCCCCCCCCCCCCCCCCC. The summed E-state index contributed by atoms with van der Waals surface area (Å²) in [6.45, 7) is 3.50. The normalized spacial score (nSPS) is 19.9. The number of aliphatic hydroxyl groups excluding tert-OH is 7. The first-order chi connectivity index (χ1) is 35.7. The maximum atomic E-state index is 13.2. The van der Waals surface area contributed by atoms with E-state index in [1.165, 1.54) is 231 Å². The number of amides is 1. The lowest BCUT2D eigenvalue weighted by molar-refractivity contribution is -0.303. The Kier molecular flexibility index (Phi) is 49.4. The zero-order valence-electron chi connectivity index (χ0n) is 47.6. The van der Waals surface area contributed by atoms with Crippen LogP contribution in [0.5, 0.6) is 0 Å². The number of carbonyl (C=O) groups excluding carboxylic acids is 1. The molecule has 11 heteroatoms. The van der Waals surface area contributed by atoms with Crippen LogP contribution in [-0.4, -0.2) is 110 Å². The number of aliphatic hydroxyl groups is 7. The number of hydrogen-bond acceptors (Lipinski definition) is 10. The van der Waals surface area contributed by atoms with Crippen molar-refractivity contribution in [3.63, 3.8) is 0 Å². The van der Waals surface area contributed by atoms with Gasteiger partial charge in [0.25, 0.3) is 0 Å². The smallest absolute Gasteiger partial charge is 0.249 e. The van der Waals surface area contributed by atoms with Crippen molar-refractivity contribution in [3.8, 4) is 0 Å². The molecule has 11 nitrogen and oxygen atoms in total. The molecule has 1 fully saturated rings. The van der Waals surface area contributed by atoms with Crippen LogP contribution in [0.25, 0.3) is 0 Å². The summed E-state index contributed by atoms with van der Waals surface area (Å²) >= 11 is 0. The van der Waals surface area contributed by atoms with Gasteiger partial charge in [-0.1, -0.05) is 283 Å². The molecule has 0 aliphatic carbocycles. The van der Waals surface area contributed by atoms with Crippen LogP contribution >= 0.6 is 0 Å². The second-order valence-electron chi connectivity index (χ2n) is 22.5. The zero-order valence-corrected chi connectivity index (χ0v) is 47.6. The highest BCUT2D eigenvalue weighted by Crippen LogP contribution is 2.24. The molecule has 0 saturated carbocycles. The molecule has 0 radical (unpaired) electrons. The molecular weight excluding hydrogens is 919 g/mol. The first kappa shape index (κ1) is 69.9. The summed E-state index contributed by atoms with van der Waals surface area (Å²) in [7, 11) is 0. The summed E-state index contributed by atoms with van der Waals surface area (Å²) in [5.74, 6) is -0.691. The van der Waals surface area contributed by atoms with E-state index in [-0.39, 0.29) is 6.42 Å². The Balaban J connectivity index is 2.21. The van der Waals surface area contributed by atoms with Crippen molar-refractivity contribution in [2.75, 3.05) is 13.2 Å². The molecule has 9 unspecified atom stereocenters. The molecule has 1 rings (SSSR count). The number of carbonyl (C=O) groups is 1. The Labute approximate surface area is 449 Å². The van der Waals surface area contributed by atoms with Crippen LogP contribution in [0.4, 0.5) is 0 Å². The van der Waals surface area contributed by atoms with Gasteiger partial charge in [0.15, 0.2) is 6.29 Å². The van der Waals surface area contributed by atoms with Crippen LogP contribution in [0.3, 0.4) is 0 Å². The minimum Gasteiger partial charge on any atom is -0.394 e. The lowest BCUT2D eigenvalue weighted by Gasteiger charge is -2.40. The third kappa shape index (κ3) is 39.8. The Morgan fingerprint density at radius 3 is 1.15 bits per heavy atom. The summed E-state index contributed by atoms with van der Waals surface area (Å²) in [6.07, 6.45) is 49.9. The molecule has 0 aromatic heterocycles. The van der Waals surface area contributed by atoms with Gasteiger partial charge in [0.2, 0.25) is 5.91 Å². The van der Waals surface area contributed by atoms with E-state index in [2.05, 4.69) is 31.3 Å². The standard InChI is InChI=1S/C62H121NO10/c1-3-5-7-9-11-13-15-17-19-21-22-23-24-25-26-27-28-29-30-31-32-33-34-36-38-40-42-44-46-48-50-55(66)61(71)63-53(52-72-62-60(70)59(69)58(68)56(51-64)73-62)57(67)54(65)49-47-45-43-41-39-37-35-20-18-16-14-12-10-8-6-4-2/h25-26,53-60,62,64-70H,3-24,27-52H2,1-2H3,(H,63,71)/b26-25-. The fourth-order valence-corrected chi connectivity index (χ4v) is 10.4. The Bertz CT molecular complexity index is 1190. The highest BCUT2D eigenvalue weighted by atomic mass is 16.7. The van der Waals surface area contributed by atoms with E-state index < -0.39 is 74.2 Å². The third-order valence-corrected chi connectivity index (χ3v) is 15.6. The molecule has 73 heavy (non-hydrogen) atoms. The average molecular weight is 1040 g/mol. The summed E-state index contributed by atoms with van der Waals surface area (Å²) in [6, 6.07) is -1.17. The number of hydrogen-bond donors (Lipinski definition) is 8. The van der Waals surface area contributed by atoms with Crippen molar-refractivity contribution >= 4 is 5.91 Å². The molecule has 1 amide bonds. The van der Waals surface area contributed by atoms with Crippen molar-refractivity contribution in [2.45, 2.75) is 364 Å².